The van der Waals surface area contributed by atoms with Crippen LogP contribution in [0.25, 0.3) is 0 Å². The standard InChI is InChI=1S/C36H40O4S2/c1-3-24-35(40-29(2)37,25-23-33(38)21-13-22-34-41-26-14-27-42-34)28-39-36(30-15-7-4-8-16-30,31-17-9-5-10-18-31)32-19-11-6-12-20-32/h3-12,15-20,24,33-34,38H,13-14,21-22,26-28H2,1-2H3/b24-3+. The van der Waals surface area contributed by atoms with Gasteiger partial charge in [-0.3, -0.25) is 4.79 Å². The van der Waals surface area contributed by atoms with Crippen LogP contribution in [-0.2, 0) is 19.9 Å². The molecule has 2 unspecified atom stereocenters. The number of carbonyl (C=O) groups is 1. The van der Waals surface area contributed by atoms with Crippen molar-refractivity contribution in [1.29, 1.82) is 0 Å². The van der Waals surface area contributed by atoms with Crippen LogP contribution < -0.4 is 0 Å². The second-order valence-corrected chi connectivity index (χ2v) is 13.2. The smallest absolute Gasteiger partial charge is 0.304 e. The molecule has 3 aromatic carbocycles. The summed E-state index contributed by atoms with van der Waals surface area (Å²) in [5.74, 6) is 8.06. The summed E-state index contributed by atoms with van der Waals surface area (Å²) >= 11 is 4.02. The van der Waals surface area contributed by atoms with Gasteiger partial charge in [0.2, 0.25) is 5.60 Å². The van der Waals surface area contributed by atoms with E-state index in [9.17, 15) is 9.90 Å². The summed E-state index contributed by atoms with van der Waals surface area (Å²) in [5.41, 5.74) is 0.412. The number of ether oxygens (including phenoxy) is 2. The van der Waals surface area contributed by atoms with Gasteiger partial charge >= 0.3 is 5.97 Å². The number of aliphatic hydroxyl groups excluding tert-OH is 1. The van der Waals surface area contributed by atoms with Gasteiger partial charge in [0, 0.05) is 6.92 Å². The van der Waals surface area contributed by atoms with E-state index in [1.165, 1.54) is 24.9 Å². The minimum absolute atomic E-state index is 0.0509. The lowest BCUT2D eigenvalue weighted by atomic mass is 9.80. The number of rotatable bonds is 12. The summed E-state index contributed by atoms with van der Waals surface area (Å²) in [6.45, 7) is 3.17. The average molecular weight is 601 g/mol. The van der Waals surface area contributed by atoms with Crippen molar-refractivity contribution in [2.45, 2.75) is 61.4 Å². The Morgan fingerprint density at radius 2 is 1.48 bits per heavy atom. The van der Waals surface area contributed by atoms with E-state index in [2.05, 4.69) is 11.8 Å². The summed E-state index contributed by atoms with van der Waals surface area (Å²) in [6, 6.07) is 30.1. The van der Waals surface area contributed by atoms with Crippen LogP contribution in [0.1, 0.15) is 56.2 Å². The van der Waals surface area contributed by atoms with Crippen LogP contribution in [0.2, 0.25) is 0 Å². The molecule has 0 bridgehead atoms. The largest absolute Gasteiger partial charge is 0.440 e. The first-order chi connectivity index (χ1) is 20.5. The lowest BCUT2D eigenvalue weighted by Gasteiger charge is -2.38. The van der Waals surface area contributed by atoms with Gasteiger partial charge in [-0.1, -0.05) is 103 Å². The molecule has 1 aliphatic heterocycles. The lowest BCUT2D eigenvalue weighted by Crippen LogP contribution is -2.42. The molecule has 0 aromatic heterocycles. The van der Waals surface area contributed by atoms with Gasteiger partial charge in [-0.25, -0.2) is 0 Å². The number of thioether (sulfide) groups is 2. The maximum absolute atomic E-state index is 12.4. The number of aliphatic hydroxyl groups is 1. The maximum atomic E-state index is 12.4. The van der Waals surface area contributed by atoms with Gasteiger partial charge in [0.15, 0.2) is 0 Å². The molecule has 0 spiro atoms. The highest BCUT2D eigenvalue weighted by Crippen LogP contribution is 2.41. The second-order valence-electron chi connectivity index (χ2n) is 10.3. The predicted molar refractivity (Wildman–Crippen MR) is 175 cm³/mol. The molecule has 0 amide bonds. The number of carbonyl (C=O) groups excluding carboxylic acids is 1. The first kappa shape index (κ1) is 32.0. The molecule has 0 aliphatic carbocycles. The van der Waals surface area contributed by atoms with Crippen LogP contribution in [0.4, 0.5) is 0 Å². The molecule has 1 N–H and O–H groups in total. The molecule has 0 saturated carbocycles. The van der Waals surface area contributed by atoms with E-state index >= 15 is 0 Å². The normalized spacial score (nSPS) is 16.3. The van der Waals surface area contributed by atoms with E-state index in [4.69, 9.17) is 9.47 Å². The molecular formula is C36H40O4S2. The Bertz CT molecular complexity index is 1230. The van der Waals surface area contributed by atoms with Crippen LogP contribution in [0.15, 0.2) is 103 Å². The molecular weight excluding hydrogens is 561 g/mol. The molecule has 3 aromatic rings. The van der Waals surface area contributed by atoms with Crippen molar-refractivity contribution in [2.75, 3.05) is 18.1 Å². The SMILES string of the molecule is C/C=C/C(C#CC(O)CCCC1SCCCS1)(COC(c1ccccc1)(c1ccccc1)c1ccccc1)OC(C)=O. The van der Waals surface area contributed by atoms with Crippen molar-refractivity contribution in [1.82, 2.24) is 0 Å². The number of hydrogen-bond acceptors (Lipinski definition) is 6. The molecule has 4 rings (SSSR count). The van der Waals surface area contributed by atoms with E-state index in [1.807, 2.05) is 121 Å². The number of hydrogen-bond donors (Lipinski definition) is 1. The van der Waals surface area contributed by atoms with Gasteiger partial charge in [0.1, 0.15) is 18.3 Å². The zero-order chi connectivity index (χ0) is 29.7. The minimum atomic E-state index is -1.39. The fourth-order valence-corrected chi connectivity index (χ4v) is 8.14. The topological polar surface area (TPSA) is 55.8 Å². The predicted octanol–water partition coefficient (Wildman–Crippen LogP) is 7.60. The highest BCUT2D eigenvalue weighted by atomic mass is 32.2. The van der Waals surface area contributed by atoms with Crippen LogP contribution in [-0.4, -0.2) is 45.5 Å². The highest BCUT2D eigenvalue weighted by Gasteiger charge is 2.41. The van der Waals surface area contributed by atoms with Gasteiger partial charge in [0.05, 0.1) is 4.58 Å². The Hall–Kier alpha value is -2.95. The zero-order valence-electron chi connectivity index (χ0n) is 24.4. The summed E-state index contributed by atoms with van der Waals surface area (Å²) < 4.78 is 13.5. The highest BCUT2D eigenvalue weighted by molar-refractivity contribution is 8.17. The average Bonchev–Trinajstić information content (AvgIpc) is 3.02. The fourth-order valence-electron chi connectivity index (χ4n) is 5.18. The lowest BCUT2D eigenvalue weighted by molar-refractivity contribution is -0.155. The maximum Gasteiger partial charge on any atom is 0.304 e. The Balaban J connectivity index is 1.67. The second kappa shape index (κ2) is 16.0. The first-order valence-electron chi connectivity index (χ1n) is 14.6. The third-order valence-electron chi connectivity index (χ3n) is 7.07. The van der Waals surface area contributed by atoms with E-state index in [-0.39, 0.29) is 6.61 Å². The Kier molecular flexibility index (Phi) is 12.2. The molecule has 0 radical (unpaired) electrons. The van der Waals surface area contributed by atoms with Crippen LogP contribution >= 0.6 is 23.5 Å². The zero-order valence-corrected chi connectivity index (χ0v) is 26.0. The molecule has 1 saturated heterocycles. The van der Waals surface area contributed by atoms with Crippen LogP contribution in [0, 0.1) is 11.8 Å². The van der Waals surface area contributed by atoms with Crippen molar-refractivity contribution in [3.8, 4) is 11.8 Å². The number of benzene rings is 3. The quantitative estimate of drug-likeness (QED) is 0.1000. The molecule has 4 nitrogen and oxygen atoms in total. The van der Waals surface area contributed by atoms with E-state index in [1.54, 1.807) is 12.2 Å². The van der Waals surface area contributed by atoms with Gasteiger partial charge in [-0.15, -0.1) is 23.5 Å². The van der Waals surface area contributed by atoms with Crippen LogP contribution in [0.5, 0.6) is 0 Å². The Labute approximate surface area is 259 Å². The molecule has 6 heteroatoms. The van der Waals surface area contributed by atoms with Crippen molar-refractivity contribution < 1.29 is 19.4 Å². The monoisotopic (exact) mass is 600 g/mol. The number of allylic oxidation sites excluding steroid dienone is 1. The van der Waals surface area contributed by atoms with E-state index < -0.39 is 23.3 Å². The van der Waals surface area contributed by atoms with Crippen molar-refractivity contribution in [3.05, 3.63) is 120 Å². The molecule has 2 atom stereocenters. The Morgan fingerprint density at radius 3 is 1.95 bits per heavy atom. The van der Waals surface area contributed by atoms with Gasteiger partial charge in [0.25, 0.3) is 0 Å². The van der Waals surface area contributed by atoms with Gasteiger partial charge in [-0.2, -0.15) is 0 Å². The molecule has 1 heterocycles. The van der Waals surface area contributed by atoms with Crippen molar-refractivity contribution in [2.24, 2.45) is 0 Å². The van der Waals surface area contributed by atoms with E-state index in [0.717, 1.165) is 29.5 Å². The fraction of sp³-hybridized carbons (Fsp3) is 0.361. The minimum Gasteiger partial charge on any atom is -0.440 e. The van der Waals surface area contributed by atoms with Crippen molar-refractivity contribution in [3.63, 3.8) is 0 Å². The summed E-state index contributed by atoms with van der Waals surface area (Å²) in [5, 5.41) is 10.8. The molecule has 1 aliphatic rings. The summed E-state index contributed by atoms with van der Waals surface area (Å²) in [7, 11) is 0. The molecule has 1 fully saturated rings. The summed E-state index contributed by atoms with van der Waals surface area (Å²) in [4.78, 5) is 12.4. The van der Waals surface area contributed by atoms with E-state index in [0.29, 0.717) is 11.0 Å². The van der Waals surface area contributed by atoms with Gasteiger partial charge < -0.3 is 14.6 Å². The molecule has 42 heavy (non-hydrogen) atoms. The van der Waals surface area contributed by atoms with Gasteiger partial charge in [-0.05, 0) is 72.8 Å². The first-order valence-corrected chi connectivity index (χ1v) is 16.6. The summed E-state index contributed by atoms with van der Waals surface area (Å²) in [6.07, 6.45) is 6.50. The third-order valence-corrected chi connectivity index (χ3v) is 10.1. The Morgan fingerprint density at radius 1 is 0.952 bits per heavy atom. The number of esters is 1. The van der Waals surface area contributed by atoms with Crippen molar-refractivity contribution >= 4 is 29.5 Å². The molecule has 220 valence electrons. The third kappa shape index (κ3) is 8.55. The van der Waals surface area contributed by atoms with Crippen LogP contribution in [0.3, 0.4) is 0 Å².